The summed E-state index contributed by atoms with van der Waals surface area (Å²) in [6, 6.07) is 13.5. The average Bonchev–Trinajstić information content (AvgIpc) is 2.65. The molecule has 0 saturated heterocycles. The first-order valence-corrected chi connectivity index (χ1v) is 10.1. The Bertz CT molecular complexity index is 881. The first kappa shape index (κ1) is 20.6. The molecule has 0 fully saturated rings. The zero-order valence-corrected chi connectivity index (χ0v) is 16.6. The molecule has 0 saturated carbocycles. The summed E-state index contributed by atoms with van der Waals surface area (Å²) in [5, 5.41) is 2.82. The summed E-state index contributed by atoms with van der Waals surface area (Å²) >= 11 is 0. The number of hydrogen-bond acceptors (Lipinski definition) is 5. The maximum absolute atomic E-state index is 12.5. The van der Waals surface area contributed by atoms with Crippen molar-refractivity contribution in [2.45, 2.75) is 13.0 Å². The SMILES string of the molecule is COc1ccc(N(CC(=O)NC(C)c2ccccc2OC)S(C)(=O)=O)cc1. The Morgan fingerprint density at radius 2 is 1.70 bits per heavy atom. The fraction of sp³-hybridized carbons (Fsp3) is 0.316. The third-order valence-electron chi connectivity index (χ3n) is 4.03. The van der Waals surface area contributed by atoms with Crippen molar-refractivity contribution in [3.8, 4) is 11.5 Å². The fourth-order valence-corrected chi connectivity index (χ4v) is 3.52. The Hall–Kier alpha value is -2.74. The van der Waals surface area contributed by atoms with Crippen molar-refractivity contribution in [1.29, 1.82) is 0 Å². The standard InChI is InChI=1S/C19H24N2O5S/c1-14(17-7-5-6-8-18(17)26-3)20-19(22)13-21(27(4,23)24)15-9-11-16(25-2)12-10-15/h5-12,14H,13H2,1-4H3,(H,20,22). The van der Waals surface area contributed by atoms with Crippen LogP contribution in [0.5, 0.6) is 11.5 Å². The quantitative estimate of drug-likeness (QED) is 0.745. The van der Waals surface area contributed by atoms with E-state index in [1.807, 2.05) is 25.1 Å². The number of ether oxygens (including phenoxy) is 2. The molecule has 0 heterocycles. The van der Waals surface area contributed by atoms with Gasteiger partial charge in [0.25, 0.3) is 0 Å². The lowest BCUT2D eigenvalue weighted by Gasteiger charge is -2.24. The Balaban J connectivity index is 2.16. The maximum Gasteiger partial charge on any atom is 0.241 e. The number of carbonyl (C=O) groups excluding carboxylic acids is 1. The van der Waals surface area contributed by atoms with Crippen molar-refractivity contribution in [3.05, 3.63) is 54.1 Å². The highest BCUT2D eigenvalue weighted by Crippen LogP contribution is 2.25. The monoisotopic (exact) mass is 392 g/mol. The predicted molar refractivity (Wildman–Crippen MR) is 105 cm³/mol. The molecule has 0 aromatic heterocycles. The Morgan fingerprint density at radius 1 is 1.07 bits per heavy atom. The van der Waals surface area contributed by atoms with Gasteiger partial charge >= 0.3 is 0 Å². The number of amides is 1. The lowest BCUT2D eigenvalue weighted by molar-refractivity contribution is -0.120. The summed E-state index contributed by atoms with van der Waals surface area (Å²) in [5.74, 6) is 0.830. The first-order chi connectivity index (χ1) is 12.8. The summed E-state index contributed by atoms with van der Waals surface area (Å²) in [4.78, 5) is 12.5. The van der Waals surface area contributed by atoms with Crippen molar-refractivity contribution < 1.29 is 22.7 Å². The van der Waals surface area contributed by atoms with E-state index in [0.29, 0.717) is 17.2 Å². The van der Waals surface area contributed by atoms with Gasteiger partial charge < -0.3 is 14.8 Å². The number of sulfonamides is 1. The van der Waals surface area contributed by atoms with Crippen LogP contribution in [0.2, 0.25) is 0 Å². The largest absolute Gasteiger partial charge is 0.497 e. The summed E-state index contributed by atoms with van der Waals surface area (Å²) in [6.45, 7) is 1.48. The lowest BCUT2D eigenvalue weighted by atomic mass is 10.1. The van der Waals surface area contributed by atoms with Gasteiger partial charge in [-0.3, -0.25) is 9.10 Å². The van der Waals surface area contributed by atoms with Gasteiger partial charge in [-0.2, -0.15) is 0 Å². The summed E-state index contributed by atoms with van der Waals surface area (Å²) < 4.78 is 35.8. The van der Waals surface area contributed by atoms with Crippen molar-refractivity contribution in [2.75, 3.05) is 31.3 Å². The molecule has 0 aliphatic carbocycles. The van der Waals surface area contributed by atoms with Crippen LogP contribution in [0, 0.1) is 0 Å². The number of carbonyl (C=O) groups is 1. The molecule has 146 valence electrons. The van der Waals surface area contributed by atoms with Crippen molar-refractivity contribution in [2.24, 2.45) is 0 Å². The van der Waals surface area contributed by atoms with E-state index in [1.54, 1.807) is 37.4 Å². The number of rotatable bonds is 8. The molecule has 0 aliphatic rings. The number of methoxy groups -OCH3 is 2. The third-order valence-corrected chi connectivity index (χ3v) is 5.17. The van der Waals surface area contributed by atoms with Crippen LogP contribution in [0.15, 0.2) is 48.5 Å². The minimum atomic E-state index is -3.64. The molecule has 0 bridgehead atoms. The molecular formula is C19H24N2O5S. The Labute approximate surface area is 160 Å². The number of hydrogen-bond donors (Lipinski definition) is 1. The number of anilines is 1. The van der Waals surface area contributed by atoms with E-state index in [-0.39, 0.29) is 12.6 Å². The lowest BCUT2D eigenvalue weighted by Crippen LogP contribution is -2.41. The van der Waals surface area contributed by atoms with Gasteiger partial charge in [-0.05, 0) is 37.3 Å². The summed E-state index contributed by atoms with van der Waals surface area (Å²) in [6.07, 6.45) is 1.06. The molecule has 0 radical (unpaired) electrons. The molecule has 0 spiro atoms. The van der Waals surface area contributed by atoms with Crippen LogP contribution in [-0.2, 0) is 14.8 Å². The van der Waals surface area contributed by atoms with E-state index < -0.39 is 15.9 Å². The van der Waals surface area contributed by atoms with E-state index in [2.05, 4.69) is 5.32 Å². The molecule has 27 heavy (non-hydrogen) atoms. The molecule has 8 heteroatoms. The van der Waals surface area contributed by atoms with Crippen LogP contribution < -0.4 is 19.1 Å². The van der Waals surface area contributed by atoms with Crippen molar-refractivity contribution in [3.63, 3.8) is 0 Å². The third kappa shape index (κ3) is 5.37. The van der Waals surface area contributed by atoms with Crippen LogP contribution in [0.3, 0.4) is 0 Å². The molecule has 7 nitrogen and oxygen atoms in total. The molecule has 2 aromatic carbocycles. The van der Waals surface area contributed by atoms with Gasteiger partial charge in [0.05, 0.1) is 32.2 Å². The van der Waals surface area contributed by atoms with Crippen molar-refractivity contribution in [1.82, 2.24) is 5.32 Å². The van der Waals surface area contributed by atoms with Crippen LogP contribution in [0.1, 0.15) is 18.5 Å². The smallest absolute Gasteiger partial charge is 0.241 e. The predicted octanol–water partition coefficient (Wildman–Crippen LogP) is 2.35. The minimum Gasteiger partial charge on any atom is -0.497 e. The zero-order chi connectivity index (χ0) is 20.0. The molecule has 1 amide bonds. The van der Waals surface area contributed by atoms with Crippen LogP contribution in [0.4, 0.5) is 5.69 Å². The van der Waals surface area contributed by atoms with Crippen LogP contribution in [-0.4, -0.2) is 41.3 Å². The van der Waals surface area contributed by atoms with Gasteiger partial charge in [-0.1, -0.05) is 18.2 Å². The first-order valence-electron chi connectivity index (χ1n) is 8.30. The minimum absolute atomic E-state index is 0.329. The van der Waals surface area contributed by atoms with Gasteiger partial charge in [0.15, 0.2) is 0 Å². The second kappa shape index (κ2) is 8.77. The average molecular weight is 392 g/mol. The second-order valence-electron chi connectivity index (χ2n) is 6.00. The number of nitrogens with zero attached hydrogens (tertiary/aromatic N) is 1. The van der Waals surface area contributed by atoms with E-state index in [9.17, 15) is 13.2 Å². The normalized spacial score (nSPS) is 12.1. The summed E-state index contributed by atoms with van der Waals surface area (Å²) in [7, 11) is -0.557. The van der Waals surface area contributed by atoms with Crippen LogP contribution >= 0.6 is 0 Å². The molecule has 1 N–H and O–H groups in total. The van der Waals surface area contributed by atoms with Crippen molar-refractivity contribution >= 4 is 21.6 Å². The molecule has 2 rings (SSSR count). The molecule has 1 atom stereocenters. The zero-order valence-electron chi connectivity index (χ0n) is 15.8. The van der Waals surface area contributed by atoms with E-state index in [1.165, 1.54) is 7.11 Å². The highest BCUT2D eigenvalue weighted by Gasteiger charge is 2.22. The molecule has 1 unspecified atom stereocenters. The second-order valence-corrected chi connectivity index (χ2v) is 7.91. The van der Waals surface area contributed by atoms with Gasteiger partial charge in [0, 0.05) is 5.56 Å². The maximum atomic E-state index is 12.5. The number of nitrogens with one attached hydrogen (secondary N) is 1. The Kier molecular flexibility index (Phi) is 6.68. The number of benzene rings is 2. The number of para-hydroxylation sites is 1. The highest BCUT2D eigenvalue weighted by atomic mass is 32.2. The van der Waals surface area contributed by atoms with Gasteiger partial charge in [0.1, 0.15) is 18.0 Å². The van der Waals surface area contributed by atoms with E-state index in [0.717, 1.165) is 16.1 Å². The van der Waals surface area contributed by atoms with Gasteiger partial charge in [-0.25, -0.2) is 8.42 Å². The van der Waals surface area contributed by atoms with E-state index >= 15 is 0 Å². The topological polar surface area (TPSA) is 84.9 Å². The molecule has 0 aliphatic heterocycles. The summed E-state index contributed by atoms with van der Waals surface area (Å²) in [5.41, 5.74) is 1.20. The van der Waals surface area contributed by atoms with Gasteiger partial charge in [-0.15, -0.1) is 0 Å². The van der Waals surface area contributed by atoms with E-state index in [4.69, 9.17) is 9.47 Å². The van der Waals surface area contributed by atoms with Crippen LogP contribution in [0.25, 0.3) is 0 Å². The fourth-order valence-electron chi connectivity index (χ4n) is 2.67. The highest BCUT2D eigenvalue weighted by molar-refractivity contribution is 7.92. The Morgan fingerprint density at radius 3 is 2.26 bits per heavy atom. The molecule has 2 aromatic rings. The van der Waals surface area contributed by atoms with Gasteiger partial charge in [0.2, 0.25) is 15.9 Å². The molecular weight excluding hydrogens is 368 g/mol.